The smallest absolute Gasteiger partial charge is 0.289 e. The molecule has 42 heavy (non-hydrogen) atoms. The highest BCUT2D eigenvalue weighted by atomic mass is 32.2. The van der Waals surface area contributed by atoms with Gasteiger partial charge in [0.15, 0.2) is 11.7 Å². The third kappa shape index (κ3) is 6.50. The van der Waals surface area contributed by atoms with E-state index in [-0.39, 0.29) is 10.5 Å². The van der Waals surface area contributed by atoms with Gasteiger partial charge in [0.2, 0.25) is 0 Å². The molecule has 2 aliphatic heterocycles. The van der Waals surface area contributed by atoms with Gasteiger partial charge in [-0.15, -0.1) is 10.2 Å². The number of thioether (sulfide) groups is 2. The molecule has 2 heterocycles. The Balaban J connectivity index is 1.37. The Morgan fingerprint density at radius 2 is 0.857 bits per heavy atom. The number of benzene rings is 4. The Labute approximate surface area is 252 Å². The number of rotatable bonds is 9. The zero-order valence-electron chi connectivity index (χ0n) is 22.5. The van der Waals surface area contributed by atoms with Crippen molar-refractivity contribution in [2.45, 2.75) is 23.8 Å². The molecule has 2 saturated heterocycles. The summed E-state index contributed by atoms with van der Waals surface area (Å²) >= 11 is 2.32. The van der Waals surface area contributed by atoms with Crippen LogP contribution in [0.2, 0.25) is 0 Å². The number of amides is 2. The summed E-state index contributed by atoms with van der Waals surface area (Å²) < 4.78 is 0. The van der Waals surface area contributed by atoms with Gasteiger partial charge in [-0.1, -0.05) is 97.1 Å². The third-order valence-corrected chi connectivity index (χ3v) is 8.64. The van der Waals surface area contributed by atoms with Crippen molar-refractivity contribution in [3.8, 4) is 0 Å². The first kappa shape index (κ1) is 27.6. The molecule has 10 heteroatoms. The number of nitrogens with one attached hydrogen (secondary N) is 2. The van der Waals surface area contributed by atoms with E-state index in [1.807, 2.05) is 121 Å². The number of hydrogen-bond donors (Lipinski definition) is 2. The molecule has 0 spiro atoms. The standard InChI is InChI=1S/C32H28N6O2S2/c39-31-37(21-23-13-5-1-6-14-23)27(29(41-31)33-25-17-9-3-10-18-25)35-36-28-30(34-26-19-11-4-12-20-26)42-32(40)38(28)22-24-15-7-2-8-16-24/h1-20,29-30,33-34H,21-22H2/b35-27+,36-28+. The number of para-hydroxylation sites is 2. The number of carbonyl (C=O) groups excluding carboxylic acids is 2. The summed E-state index contributed by atoms with van der Waals surface area (Å²) in [5.74, 6) is 0.959. The second-order valence-electron chi connectivity index (χ2n) is 9.61. The maximum Gasteiger partial charge on any atom is 0.289 e. The molecule has 0 saturated carbocycles. The minimum atomic E-state index is -0.458. The molecule has 210 valence electrons. The van der Waals surface area contributed by atoms with Gasteiger partial charge in [-0.05, 0) is 58.9 Å². The van der Waals surface area contributed by atoms with E-state index in [0.717, 1.165) is 46.0 Å². The van der Waals surface area contributed by atoms with Crippen molar-refractivity contribution in [1.82, 2.24) is 9.80 Å². The van der Waals surface area contributed by atoms with Crippen molar-refractivity contribution in [2.24, 2.45) is 10.2 Å². The number of anilines is 2. The van der Waals surface area contributed by atoms with Gasteiger partial charge >= 0.3 is 0 Å². The molecule has 4 aromatic carbocycles. The van der Waals surface area contributed by atoms with Crippen LogP contribution in [0.1, 0.15) is 11.1 Å². The fourth-order valence-corrected chi connectivity index (χ4v) is 6.53. The van der Waals surface area contributed by atoms with Gasteiger partial charge in [-0.2, -0.15) is 0 Å². The van der Waals surface area contributed by atoms with Gasteiger partial charge in [-0.3, -0.25) is 19.4 Å². The van der Waals surface area contributed by atoms with Crippen LogP contribution < -0.4 is 10.6 Å². The summed E-state index contributed by atoms with van der Waals surface area (Å²) in [5, 5.41) is 15.1. The lowest BCUT2D eigenvalue weighted by Crippen LogP contribution is -2.36. The van der Waals surface area contributed by atoms with Gasteiger partial charge in [0, 0.05) is 11.4 Å². The summed E-state index contributed by atoms with van der Waals surface area (Å²) in [6.45, 7) is 0.715. The molecule has 2 atom stereocenters. The van der Waals surface area contributed by atoms with Gasteiger partial charge in [0.1, 0.15) is 10.7 Å². The van der Waals surface area contributed by atoms with Gasteiger partial charge in [-0.25, -0.2) is 0 Å². The Morgan fingerprint density at radius 3 is 1.21 bits per heavy atom. The number of hydrogen-bond acceptors (Lipinski definition) is 8. The zero-order valence-corrected chi connectivity index (χ0v) is 24.2. The minimum Gasteiger partial charge on any atom is -0.367 e. The van der Waals surface area contributed by atoms with E-state index < -0.39 is 10.7 Å². The average molecular weight is 593 g/mol. The van der Waals surface area contributed by atoms with Crippen molar-refractivity contribution in [3.63, 3.8) is 0 Å². The van der Waals surface area contributed by atoms with E-state index in [4.69, 9.17) is 10.2 Å². The molecule has 8 nitrogen and oxygen atoms in total. The van der Waals surface area contributed by atoms with Gasteiger partial charge < -0.3 is 10.6 Å². The molecule has 2 aliphatic rings. The monoisotopic (exact) mass is 592 g/mol. The Kier molecular flexibility index (Phi) is 8.53. The summed E-state index contributed by atoms with van der Waals surface area (Å²) in [6, 6.07) is 39.0. The quantitative estimate of drug-likeness (QED) is 0.198. The molecule has 2 fully saturated rings. The Morgan fingerprint density at radius 1 is 0.524 bits per heavy atom. The van der Waals surface area contributed by atoms with Crippen molar-refractivity contribution in [1.29, 1.82) is 0 Å². The van der Waals surface area contributed by atoms with E-state index >= 15 is 0 Å². The fraction of sp³-hybridized carbons (Fsp3) is 0.125. The lowest BCUT2D eigenvalue weighted by atomic mass is 10.2. The number of amidine groups is 2. The molecule has 0 aromatic heterocycles. The van der Waals surface area contributed by atoms with E-state index in [2.05, 4.69) is 10.6 Å². The zero-order chi connectivity index (χ0) is 28.7. The van der Waals surface area contributed by atoms with Crippen LogP contribution in [-0.4, -0.2) is 42.7 Å². The Hall–Kier alpha value is -4.54. The first-order valence-electron chi connectivity index (χ1n) is 13.5. The van der Waals surface area contributed by atoms with E-state index in [1.165, 1.54) is 0 Å². The van der Waals surface area contributed by atoms with Crippen LogP contribution >= 0.6 is 23.5 Å². The van der Waals surface area contributed by atoms with Gasteiger partial charge in [0.05, 0.1) is 13.1 Å². The molecule has 2 unspecified atom stereocenters. The van der Waals surface area contributed by atoms with E-state index in [1.54, 1.807) is 9.80 Å². The first-order valence-corrected chi connectivity index (χ1v) is 15.2. The molecular weight excluding hydrogens is 565 g/mol. The lowest BCUT2D eigenvalue weighted by molar-refractivity contribution is 0.242. The molecular formula is C32H28N6O2S2. The molecule has 2 amide bonds. The van der Waals surface area contributed by atoms with Crippen LogP contribution in [0.25, 0.3) is 0 Å². The van der Waals surface area contributed by atoms with Crippen LogP contribution in [0.3, 0.4) is 0 Å². The van der Waals surface area contributed by atoms with Crippen LogP contribution in [-0.2, 0) is 13.1 Å². The van der Waals surface area contributed by atoms with Crippen LogP contribution in [0.5, 0.6) is 0 Å². The van der Waals surface area contributed by atoms with Crippen LogP contribution in [0.15, 0.2) is 132 Å². The molecule has 6 rings (SSSR count). The first-order chi connectivity index (χ1) is 20.6. The average Bonchev–Trinajstić information content (AvgIpc) is 3.47. The molecule has 4 aromatic rings. The molecule has 0 aliphatic carbocycles. The van der Waals surface area contributed by atoms with Crippen molar-refractivity contribution in [3.05, 3.63) is 132 Å². The minimum absolute atomic E-state index is 0.122. The molecule has 0 radical (unpaired) electrons. The highest BCUT2D eigenvalue weighted by Gasteiger charge is 2.40. The lowest BCUT2D eigenvalue weighted by Gasteiger charge is -2.20. The Bertz CT molecular complexity index is 1470. The largest absolute Gasteiger partial charge is 0.367 e. The van der Waals surface area contributed by atoms with Crippen molar-refractivity contribution in [2.75, 3.05) is 10.6 Å². The maximum atomic E-state index is 13.3. The van der Waals surface area contributed by atoms with Crippen molar-refractivity contribution >= 4 is 57.0 Å². The second-order valence-corrected chi connectivity index (χ2v) is 11.7. The number of nitrogens with zero attached hydrogens (tertiary/aromatic N) is 4. The molecule has 2 N–H and O–H groups in total. The normalized spacial score (nSPS) is 20.5. The second kappa shape index (κ2) is 13.0. The third-order valence-electron chi connectivity index (χ3n) is 6.67. The topological polar surface area (TPSA) is 89.4 Å². The number of carbonyl (C=O) groups is 2. The molecule has 0 bridgehead atoms. The maximum absolute atomic E-state index is 13.3. The summed E-state index contributed by atoms with van der Waals surface area (Å²) in [4.78, 5) is 29.9. The van der Waals surface area contributed by atoms with Crippen LogP contribution in [0.4, 0.5) is 21.0 Å². The highest BCUT2D eigenvalue weighted by molar-refractivity contribution is 8.15. The summed E-state index contributed by atoms with van der Waals surface area (Å²) in [5.41, 5.74) is 3.69. The van der Waals surface area contributed by atoms with E-state index in [0.29, 0.717) is 24.8 Å². The summed E-state index contributed by atoms with van der Waals surface area (Å²) in [6.07, 6.45) is 0. The SMILES string of the molecule is O=C1SC(Nc2ccccc2)/C(=N\N=C2/C(Nc3ccccc3)SC(=O)N2Cc2ccccc2)N1Cc1ccccc1. The van der Waals surface area contributed by atoms with E-state index in [9.17, 15) is 9.59 Å². The fourth-order valence-electron chi connectivity index (χ4n) is 4.60. The van der Waals surface area contributed by atoms with Crippen molar-refractivity contribution < 1.29 is 9.59 Å². The highest BCUT2D eigenvalue weighted by Crippen LogP contribution is 2.33. The predicted molar refractivity (Wildman–Crippen MR) is 173 cm³/mol. The van der Waals surface area contributed by atoms with Gasteiger partial charge in [0.25, 0.3) is 10.5 Å². The predicted octanol–water partition coefficient (Wildman–Crippen LogP) is 7.31. The summed E-state index contributed by atoms with van der Waals surface area (Å²) in [7, 11) is 0. The van der Waals surface area contributed by atoms with Crippen LogP contribution in [0, 0.1) is 0 Å².